The van der Waals surface area contributed by atoms with Crippen molar-refractivity contribution >= 4 is 11.4 Å². The smallest absolute Gasteiger partial charge is 0.387 e. The molecule has 0 N–H and O–H groups in total. The molecule has 1 unspecified atom stereocenters. The van der Waals surface area contributed by atoms with Gasteiger partial charge in [0.05, 0.1) is 22.8 Å². The van der Waals surface area contributed by atoms with Crippen LogP contribution in [0.2, 0.25) is 0 Å². The summed E-state index contributed by atoms with van der Waals surface area (Å²) in [5.74, 6) is 0.344. The van der Waals surface area contributed by atoms with E-state index in [-0.39, 0.29) is 11.4 Å². The summed E-state index contributed by atoms with van der Waals surface area (Å²) < 4.78 is 35.5. The van der Waals surface area contributed by atoms with E-state index < -0.39 is 11.5 Å². The molecular weight excluding hydrogens is 322 g/mol. The molecule has 2 fully saturated rings. The Bertz CT molecular complexity index is 585. The SMILES string of the molecule is O=[N+]([O-])c1ccc(N2CCC(C3CCCO3)CC2)c(OC(F)F)c1. The molecule has 24 heavy (non-hydrogen) atoms. The molecule has 0 aliphatic carbocycles. The average Bonchev–Trinajstić information content (AvgIpc) is 3.09. The van der Waals surface area contributed by atoms with Crippen LogP contribution in [0.5, 0.6) is 5.75 Å². The fourth-order valence-corrected chi connectivity index (χ4v) is 3.55. The summed E-state index contributed by atoms with van der Waals surface area (Å²) in [5.41, 5.74) is 0.218. The van der Waals surface area contributed by atoms with Gasteiger partial charge in [0, 0.05) is 25.8 Å². The minimum atomic E-state index is -3.02. The summed E-state index contributed by atoms with van der Waals surface area (Å²) in [4.78, 5) is 12.2. The highest BCUT2D eigenvalue weighted by Gasteiger charge is 2.30. The first-order valence-electron chi connectivity index (χ1n) is 8.14. The van der Waals surface area contributed by atoms with Gasteiger partial charge in [0.15, 0.2) is 5.75 Å². The fourth-order valence-electron chi connectivity index (χ4n) is 3.55. The molecule has 8 heteroatoms. The molecule has 0 saturated carbocycles. The minimum Gasteiger partial charge on any atom is -0.432 e. The van der Waals surface area contributed by atoms with Crippen LogP contribution >= 0.6 is 0 Å². The summed E-state index contributed by atoms with van der Waals surface area (Å²) in [6.07, 6.45) is 4.31. The van der Waals surface area contributed by atoms with Gasteiger partial charge in [0.25, 0.3) is 5.69 Å². The lowest BCUT2D eigenvalue weighted by molar-refractivity contribution is -0.385. The van der Waals surface area contributed by atoms with Crippen molar-refractivity contribution in [3.8, 4) is 5.75 Å². The molecule has 2 aliphatic rings. The molecule has 132 valence electrons. The van der Waals surface area contributed by atoms with Gasteiger partial charge in [0.2, 0.25) is 0 Å². The monoisotopic (exact) mass is 342 g/mol. The lowest BCUT2D eigenvalue weighted by atomic mass is 9.89. The number of nitrogens with zero attached hydrogens (tertiary/aromatic N) is 2. The van der Waals surface area contributed by atoms with Crippen molar-refractivity contribution in [2.45, 2.75) is 38.4 Å². The molecule has 0 spiro atoms. The molecule has 1 aromatic carbocycles. The third-order valence-corrected chi connectivity index (χ3v) is 4.74. The van der Waals surface area contributed by atoms with E-state index in [1.165, 1.54) is 12.1 Å². The van der Waals surface area contributed by atoms with Crippen LogP contribution in [-0.4, -0.2) is 37.3 Å². The molecule has 1 atom stereocenters. The third kappa shape index (κ3) is 3.75. The zero-order valence-corrected chi connectivity index (χ0v) is 13.2. The maximum absolute atomic E-state index is 12.6. The maximum Gasteiger partial charge on any atom is 0.387 e. The van der Waals surface area contributed by atoms with Crippen molar-refractivity contribution in [2.75, 3.05) is 24.6 Å². The number of non-ortho nitro benzene ring substituents is 1. The Labute approximate surface area is 138 Å². The lowest BCUT2D eigenvalue weighted by Crippen LogP contribution is -2.37. The number of halogens is 2. The predicted molar refractivity (Wildman–Crippen MR) is 83.6 cm³/mol. The molecule has 0 amide bonds. The number of benzene rings is 1. The zero-order chi connectivity index (χ0) is 17.1. The van der Waals surface area contributed by atoms with E-state index in [2.05, 4.69) is 4.74 Å². The van der Waals surface area contributed by atoms with E-state index in [9.17, 15) is 18.9 Å². The second kappa shape index (κ2) is 7.29. The number of nitro groups is 1. The summed E-state index contributed by atoms with van der Waals surface area (Å²) in [5, 5.41) is 10.9. The maximum atomic E-state index is 12.6. The number of hydrogen-bond donors (Lipinski definition) is 0. The van der Waals surface area contributed by atoms with Gasteiger partial charge in [0.1, 0.15) is 0 Å². The standard InChI is InChI=1S/C16H20F2N2O4/c17-16(18)24-15-10-12(20(21)22)3-4-13(15)19-7-5-11(6-8-19)14-2-1-9-23-14/h3-4,10-11,14,16H,1-2,5-9H2. The topological polar surface area (TPSA) is 64.8 Å². The second-order valence-electron chi connectivity index (χ2n) is 6.16. The predicted octanol–water partition coefficient (Wildman–Crippen LogP) is 3.59. The van der Waals surface area contributed by atoms with E-state index >= 15 is 0 Å². The third-order valence-electron chi connectivity index (χ3n) is 4.74. The van der Waals surface area contributed by atoms with Crippen molar-refractivity contribution in [1.82, 2.24) is 0 Å². The van der Waals surface area contributed by atoms with Gasteiger partial charge in [-0.1, -0.05) is 0 Å². The van der Waals surface area contributed by atoms with Gasteiger partial charge in [-0.2, -0.15) is 8.78 Å². The Balaban J connectivity index is 1.72. The van der Waals surface area contributed by atoms with E-state index in [4.69, 9.17) is 4.74 Å². The van der Waals surface area contributed by atoms with Crippen LogP contribution in [0.15, 0.2) is 18.2 Å². The summed E-state index contributed by atoms with van der Waals surface area (Å²) in [6.45, 7) is -0.807. The largest absolute Gasteiger partial charge is 0.432 e. The first-order chi connectivity index (χ1) is 11.5. The van der Waals surface area contributed by atoms with E-state index in [0.717, 1.165) is 38.4 Å². The first kappa shape index (κ1) is 16.9. The summed E-state index contributed by atoms with van der Waals surface area (Å²) >= 11 is 0. The molecule has 0 bridgehead atoms. The van der Waals surface area contributed by atoms with Gasteiger partial charge in [-0.15, -0.1) is 0 Å². The normalized spacial score (nSPS) is 22.1. The van der Waals surface area contributed by atoms with E-state index in [1.54, 1.807) is 0 Å². The van der Waals surface area contributed by atoms with Gasteiger partial charge >= 0.3 is 6.61 Å². The molecule has 0 radical (unpaired) electrons. The number of anilines is 1. The molecule has 1 aromatic rings. The van der Waals surface area contributed by atoms with Crippen LogP contribution < -0.4 is 9.64 Å². The van der Waals surface area contributed by atoms with Crippen LogP contribution in [-0.2, 0) is 4.74 Å². The van der Waals surface area contributed by atoms with Gasteiger partial charge < -0.3 is 14.4 Å². The van der Waals surface area contributed by atoms with Crippen molar-refractivity contribution in [2.24, 2.45) is 5.92 Å². The highest BCUT2D eigenvalue weighted by Crippen LogP contribution is 2.37. The van der Waals surface area contributed by atoms with Crippen molar-refractivity contribution in [3.63, 3.8) is 0 Å². The average molecular weight is 342 g/mol. The lowest BCUT2D eigenvalue weighted by Gasteiger charge is -2.36. The molecule has 2 saturated heterocycles. The Hall–Kier alpha value is -1.96. The minimum absolute atomic E-state index is 0.144. The highest BCUT2D eigenvalue weighted by molar-refractivity contribution is 5.62. The van der Waals surface area contributed by atoms with Crippen LogP contribution in [0.4, 0.5) is 20.2 Å². The number of ether oxygens (including phenoxy) is 2. The molecule has 0 aromatic heterocycles. The number of alkyl halides is 2. The van der Waals surface area contributed by atoms with E-state index in [1.807, 2.05) is 4.90 Å². The molecule has 6 nitrogen and oxygen atoms in total. The molecule has 2 heterocycles. The van der Waals surface area contributed by atoms with Gasteiger partial charge in [-0.05, 0) is 37.7 Å². The van der Waals surface area contributed by atoms with Crippen LogP contribution in [0, 0.1) is 16.0 Å². The molecular formula is C16H20F2N2O4. The molecule has 3 rings (SSSR count). The van der Waals surface area contributed by atoms with Crippen LogP contribution in [0.3, 0.4) is 0 Å². The van der Waals surface area contributed by atoms with Crippen molar-refractivity contribution in [3.05, 3.63) is 28.3 Å². The zero-order valence-electron chi connectivity index (χ0n) is 13.2. The summed E-state index contributed by atoms with van der Waals surface area (Å²) in [7, 11) is 0. The van der Waals surface area contributed by atoms with Crippen LogP contribution in [0.25, 0.3) is 0 Å². The first-order valence-corrected chi connectivity index (χ1v) is 8.14. The van der Waals surface area contributed by atoms with Gasteiger partial charge in [-0.25, -0.2) is 0 Å². The Kier molecular flexibility index (Phi) is 5.13. The number of hydrogen-bond acceptors (Lipinski definition) is 5. The molecule has 2 aliphatic heterocycles. The summed E-state index contributed by atoms with van der Waals surface area (Å²) in [6, 6.07) is 3.87. The Morgan fingerprint density at radius 3 is 2.62 bits per heavy atom. The van der Waals surface area contributed by atoms with E-state index in [0.29, 0.717) is 30.8 Å². The Morgan fingerprint density at radius 1 is 1.29 bits per heavy atom. The number of nitro benzene ring substituents is 1. The number of rotatable bonds is 5. The van der Waals surface area contributed by atoms with Gasteiger partial charge in [-0.3, -0.25) is 10.1 Å². The fraction of sp³-hybridized carbons (Fsp3) is 0.625. The van der Waals surface area contributed by atoms with Crippen molar-refractivity contribution < 1.29 is 23.2 Å². The number of piperidine rings is 1. The second-order valence-corrected chi connectivity index (χ2v) is 6.16. The highest BCUT2D eigenvalue weighted by atomic mass is 19.3. The van der Waals surface area contributed by atoms with Crippen molar-refractivity contribution in [1.29, 1.82) is 0 Å². The Morgan fingerprint density at radius 2 is 2.04 bits per heavy atom. The quantitative estimate of drug-likeness (QED) is 0.604. The van der Waals surface area contributed by atoms with Crippen LogP contribution in [0.1, 0.15) is 25.7 Å².